The van der Waals surface area contributed by atoms with E-state index in [4.69, 9.17) is 16.3 Å². The maximum atomic E-state index is 6.26. The van der Waals surface area contributed by atoms with Gasteiger partial charge in [-0.05, 0) is 18.6 Å². The van der Waals surface area contributed by atoms with Crippen molar-refractivity contribution in [2.45, 2.75) is 39.7 Å². The first-order chi connectivity index (χ1) is 11.4. The SMILES string of the molecule is CCOc1nc(C(C)(C)C)nc2c1nnn2Cc1ccccc1Cl. The van der Waals surface area contributed by atoms with Gasteiger partial charge in [-0.1, -0.05) is 55.8 Å². The molecule has 24 heavy (non-hydrogen) atoms. The molecule has 0 aliphatic heterocycles. The molecule has 0 aliphatic carbocycles. The highest BCUT2D eigenvalue weighted by Crippen LogP contribution is 2.27. The number of benzene rings is 1. The number of halogens is 1. The summed E-state index contributed by atoms with van der Waals surface area (Å²) in [6, 6.07) is 7.67. The molecule has 2 aromatic heterocycles. The highest BCUT2D eigenvalue weighted by Gasteiger charge is 2.23. The Morgan fingerprint density at radius 3 is 2.58 bits per heavy atom. The Kier molecular flexibility index (Phi) is 4.41. The van der Waals surface area contributed by atoms with Crippen LogP contribution in [0.5, 0.6) is 5.88 Å². The van der Waals surface area contributed by atoms with Crippen molar-refractivity contribution in [1.82, 2.24) is 25.0 Å². The van der Waals surface area contributed by atoms with Crippen LogP contribution in [0.3, 0.4) is 0 Å². The van der Waals surface area contributed by atoms with E-state index in [0.717, 1.165) is 5.56 Å². The summed E-state index contributed by atoms with van der Waals surface area (Å²) in [4.78, 5) is 9.20. The van der Waals surface area contributed by atoms with Gasteiger partial charge >= 0.3 is 0 Å². The molecule has 3 aromatic rings. The van der Waals surface area contributed by atoms with Gasteiger partial charge in [-0.25, -0.2) is 9.67 Å². The number of fused-ring (bicyclic) bond motifs is 1. The van der Waals surface area contributed by atoms with Crippen molar-refractivity contribution in [2.75, 3.05) is 6.61 Å². The molecule has 0 spiro atoms. The minimum Gasteiger partial charge on any atom is -0.476 e. The molecule has 0 saturated heterocycles. The molecule has 0 fully saturated rings. The second kappa shape index (κ2) is 6.36. The Morgan fingerprint density at radius 2 is 1.92 bits per heavy atom. The van der Waals surface area contributed by atoms with Crippen LogP contribution in [0.4, 0.5) is 0 Å². The highest BCUT2D eigenvalue weighted by molar-refractivity contribution is 6.31. The van der Waals surface area contributed by atoms with E-state index in [1.54, 1.807) is 4.68 Å². The Morgan fingerprint density at radius 1 is 1.17 bits per heavy atom. The van der Waals surface area contributed by atoms with E-state index in [2.05, 4.69) is 41.1 Å². The zero-order valence-electron chi connectivity index (χ0n) is 14.2. The average molecular weight is 346 g/mol. The van der Waals surface area contributed by atoms with Gasteiger partial charge in [-0.2, -0.15) is 4.98 Å². The highest BCUT2D eigenvalue weighted by atomic mass is 35.5. The van der Waals surface area contributed by atoms with Crippen LogP contribution in [0, 0.1) is 0 Å². The summed E-state index contributed by atoms with van der Waals surface area (Å²) in [6.07, 6.45) is 0. The first-order valence-electron chi connectivity index (χ1n) is 7.88. The van der Waals surface area contributed by atoms with Crippen LogP contribution in [0.15, 0.2) is 24.3 Å². The van der Waals surface area contributed by atoms with Gasteiger partial charge in [0.15, 0.2) is 11.2 Å². The third-order valence-corrected chi connectivity index (χ3v) is 3.93. The third-order valence-electron chi connectivity index (χ3n) is 3.56. The van der Waals surface area contributed by atoms with E-state index in [0.29, 0.717) is 41.0 Å². The topological polar surface area (TPSA) is 65.7 Å². The second-order valence-electron chi connectivity index (χ2n) is 6.55. The van der Waals surface area contributed by atoms with E-state index in [1.807, 2.05) is 31.2 Å². The van der Waals surface area contributed by atoms with E-state index < -0.39 is 0 Å². The molecule has 0 bridgehead atoms. The molecule has 0 aliphatic rings. The minimum absolute atomic E-state index is 0.209. The molecule has 0 atom stereocenters. The van der Waals surface area contributed by atoms with Crippen molar-refractivity contribution in [3.05, 3.63) is 40.7 Å². The third kappa shape index (κ3) is 3.19. The van der Waals surface area contributed by atoms with Crippen LogP contribution in [0.25, 0.3) is 11.2 Å². The molecular formula is C17H20ClN5O. The standard InChI is InChI=1S/C17H20ClN5O/c1-5-24-15-13-14(19-16(20-15)17(2,3)4)23(22-21-13)10-11-8-6-7-9-12(11)18/h6-9H,5,10H2,1-4H3. The lowest BCUT2D eigenvalue weighted by molar-refractivity contribution is 0.326. The summed E-state index contributed by atoms with van der Waals surface area (Å²) in [5, 5.41) is 9.12. The summed E-state index contributed by atoms with van der Waals surface area (Å²) in [5.41, 5.74) is 1.97. The molecule has 126 valence electrons. The summed E-state index contributed by atoms with van der Waals surface area (Å²) in [5.74, 6) is 1.17. The number of hydrogen-bond donors (Lipinski definition) is 0. The van der Waals surface area contributed by atoms with Crippen molar-refractivity contribution in [2.24, 2.45) is 0 Å². The van der Waals surface area contributed by atoms with Crippen LogP contribution in [0.1, 0.15) is 39.1 Å². The van der Waals surface area contributed by atoms with Gasteiger partial charge in [0.05, 0.1) is 13.2 Å². The molecule has 0 N–H and O–H groups in total. The smallest absolute Gasteiger partial charge is 0.247 e. The number of aromatic nitrogens is 5. The first-order valence-corrected chi connectivity index (χ1v) is 8.26. The van der Waals surface area contributed by atoms with Crippen LogP contribution in [-0.4, -0.2) is 31.6 Å². The normalized spacial score (nSPS) is 11.9. The summed E-state index contributed by atoms with van der Waals surface area (Å²) in [7, 11) is 0. The van der Waals surface area contributed by atoms with E-state index in [-0.39, 0.29) is 5.41 Å². The van der Waals surface area contributed by atoms with Crippen molar-refractivity contribution >= 4 is 22.8 Å². The molecule has 2 heterocycles. The minimum atomic E-state index is -0.209. The molecule has 6 nitrogen and oxygen atoms in total. The molecular weight excluding hydrogens is 326 g/mol. The van der Waals surface area contributed by atoms with Crippen molar-refractivity contribution in [1.29, 1.82) is 0 Å². The zero-order valence-corrected chi connectivity index (χ0v) is 15.0. The number of ether oxygens (including phenoxy) is 1. The Bertz CT molecular complexity index is 869. The van der Waals surface area contributed by atoms with Gasteiger partial charge in [0.1, 0.15) is 5.82 Å². The summed E-state index contributed by atoms with van der Waals surface area (Å²) < 4.78 is 7.38. The summed E-state index contributed by atoms with van der Waals surface area (Å²) in [6.45, 7) is 9.10. The lowest BCUT2D eigenvalue weighted by Gasteiger charge is -2.17. The fourth-order valence-corrected chi connectivity index (χ4v) is 2.49. The Balaban J connectivity index is 2.13. The maximum absolute atomic E-state index is 6.26. The van der Waals surface area contributed by atoms with Crippen molar-refractivity contribution in [3.8, 4) is 5.88 Å². The van der Waals surface area contributed by atoms with Crippen LogP contribution < -0.4 is 4.74 Å². The number of hydrogen-bond acceptors (Lipinski definition) is 5. The van der Waals surface area contributed by atoms with Crippen LogP contribution in [0.2, 0.25) is 5.02 Å². The average Bonchev–Trinajstić information content (AvgIpc) is 2.92. The van der Waals surface area contributed by atoms with Gasteiger partial charge in [0.2, 0.25) is 5.88 Å². The Labute approximate surface area is 145 Å². The molecule has 1 aromatic carbocycles. The molecule has 3 rings (SSSR count). The summed E-state index contributed by atoms with van der Waals surface area (Å²) >= 11 is 6.26. The quantitative estimate of drug-likeness (QED) is 0.722. The lowest BCUT2D eigenvalue weighted by Crippen LogP contribution is -2.17. The lowest BCUT2D eigenvalue weighted by atomic mass is 9.96. The predicted octanol–water partition coefficient (Wildman–Crippen LogP) is 3.62. The largest absolute Gasteiger partial charge is 0.476 e. The number of rotatable bonds is 4. The van der Waals surface area contributed by atoms with Gasteiger partial charge in [0.25, 0.3) is 0 Å². The molecule has 0 saturated carbocycles. The predicted molar refractivity (Wildman–Crippen MR) is 93.5 cm³/mol. The fraction of sp³-hybridized carbons (Fsp3) is 0.412. The van der Waals surface area contributed by atoms with E-state index >= 15 is 0 Å². The van der Waals surface area contributed by atoms with Crippen molar-refractivity contribution < 1.29 is 4.74 Å². The monoisotopic (exact) mass is 345 g/mol. The first kappa shape index (κ1) is 16.6. The van der Waals surface area contributed by atoms with Crippen LogP contribution in [-0.2, 0) is 12.0 Å². The zero-order chi connectivity index (χ0) is 17.3. The molecule has 7 heteroatoms. The van der Waals surface area contributed by atoms with Gasteiger partial charge in [-0.15, -0.1) is 5.10 Å². The van der Waals surface area contributed by atoms with E-state index in [9.17, 15) is 0 Å². The molecule has 0 amide bonds. The van der Waals surface area contributed by atoms with Crippen molar-refractivity contribution in [3.63, 3.8) is 0 Å². The van der Waals surface area contributed by atoms with Gasteiger partial charge < -0.3 is 4.74 Å². The van der Waals surface area contributed by atoms with Gasteiger partial charge in [-0.3, -0.25) is 0 Å². The van der Waals surface area contributed by atoms with E-state index in [1.165, 1.54) is 0 Å². The van der Waals surface area contributed by atoms with Gasteiger partial charge in [0, 0.05) is 10.4 Å². The fourth-order valence-electron chi connectivity index (χ4n) is 2.30. The molecule has 0 unspecified atom stereocenters. The molecule has 0 radical (unpaired) electrons. The second-order valence-corrected chi connectivity index (χ2v) is 6.95. The Hall–Kier alpha value is -2.21. The van der Waals surface area contributed by atoms with Crippen LogP contribution >= 0.6 is 11.6 Å². The maximum Gasteiger partial charge on any atom is 0.247 e. The number of nitrogens with zero attached hydrogens (tertiary/aromatic N) is 5.